The molecule has 2 aromatic heterocycles. The summed E-state index contributed by atoms with van der Waals surface area (Å²) in [7, 11) is 0. The largest absolute Gasteiger partial charge is 0.506 e. The molecule has 2 heterocycles. The second kappa shape index (κ2) is 4.92. The number of rotatable bonds is 3. The van der Waals surface area contributed by atoms with Crippen LogP contribution >= 0.6 is 11.3 Å². The van der Waals surface area contributed by atoms with E-state index in [9.17, 15) is 14.7 Å². The molecule has 6 nitrogen and oxygen atoms in total. The summed E-state index contributed by atoms with van der Waals surface area (Å²) in [5, 5.41) is 13.6. The van der Waals surface area contributed by atoms with Gasteiger partial charge in [-0.25, -0.2) is 4.98 Å². The fourth-order valence-corrected chi connectivity index (χ4v) is 1.96. The fourth-order valence-electron chi connectivity index (χ4n) is 1.21. The van der Waals surface area contributed by atoms with Gasteiger partial charge in [0.1, 0.15) is 11.4 Å². The van der Waals surface area contributed by atoms with Gasteiger partial charge in [0, 0.05) is 18.5 Å². The first-order valence-corrected chi connectivity index (χ1v) is 5.86. The van der Waals surface area contributed by atoms with E-state index in [0.29, 0.717) is 10.8 Å². The van der Waals surface area contributed by atoms with Crippen molar-refractivity contribution in [3.05, 3.63) is 35.1 Å². The molecule has 0 spiro atoms. The lowest BCUT2D eigenvalue weighted by atomic mass is 10.2. The number of hydrogen-bond donors (Lipinski definition) is 2. The Bertz CT molecular complexity index is 609. The monoisotopic (exact) mass is 263 g/mol. The lowest BCUT2D eigenvalue weighted by molar-refractivity contribution is 0.100. The molecule has 0 aliphatic rings. The van der Waals surface area contributed by atoms with Crippen LogP contribution in [0.5, 0.6) is 5.75 Å². The highest BCUT2D eigenvalue weighted by Gasteiger charge is 2.11. The molecule has 0 saturated carbocycles. The minimum atomic E-state index is -0.442. The van der Waals surface area contributed by atoms with Gasteiger partial charge in [-0.05, 0) is 6.07 Å². The number of hydrogen-bond acceptors (Lipinski definition) is 6. The Labute approximate surface area is 106 Å². The molecule has 18 heavy (non-hydrogen) atoms. The molecular weight excluding hydrogens is 254 g/mol. The molecule has 0 aliphatic heterocycles. The van der Waals surface area contributed by atoms with Gasteiger partial charge in [0.25, 0.3) is 5.91 Å². The van der Waals surface area contributed by atoms with Crippen LogP contribution < -0.4 is 5.32 Å². The molecule has 2 N–H and O–H groups in total. The standard InChI is InChI=1S/C11H9N3O3S/c1-6(15)9-5-18-11(13-9)14-10(17)7-2-8(16)4-12-3-7/h2-5,16H,1H3,(H,13,14,17). The van der Waals surface area contributed by atoms with Crippen molar-refractivity contribution >= 4 is 28.2 Å². The predicted octanol–water partition coefficient (Wildman–Crippen LogP) is 1.70. The predicted molar refractivity (Wildman–Crippen MR) is 66.0 cm³/mol. The van der Waals surface area contributed by atoms with Gasteiger partial charge in [-0.15, -0.1) is 11.3 Å². The summed E-state index contributed by atoms with van der Waals surface area (Å²) in [6, 6.07) is 1.29. The molecule has 0 fully saturated rings. The SMILES string of the molecule is CC(=O)c1csc(NC(=O)c2cncc(O)c2)n1. The number of nitrogens with one attached hydrogen (secondary N) is 1. The molecule has 0 bridgehead atoms. The third-order valence-corrected chi connectivity index (χ3v) is 2.83. The van der Waals surface area contributed by atoms with Crippen molar-refractivity contribution in [2.75, 3.05) is 5.32 Å². The summed E-state index contributed by atoms with van der Waals surface area (Å²) in [5.74, 6) is -0.695. The fraction of sp³-hybridized carbons (Fsp3) is 0.0909. The van der Waals surface area contributed by atoms with Gasteiger partial charge in [-0.1, -0.05) is 0 Å². The number of Topliss-reactive ketones (excluding diaryl/α,β-unsaturated/α-hetero) is 1. The second-order valence-corrected chi connectivity index (χ2v) is 4.34. The first kappa shape index (κ1) is 12.2. The van der Waals surface area contributed by atoms with Crippen LogP contribution in [0.25, 0.3) is 0 Å². The van der Waals surface area contributed by atoms with Crippen LogP contribution in [0.2, 0.25) is 0 Å². The van der Waals surface area contributed by atoms with Gasteiger partial charge in [0.05, 0.1) is 11.8 Å². The van der Waals surface area contributed by atoms with Crippen molar-refractivity contribution in [1.29, 1.82) is 0 Å². The maximum Gasteiger partial charge on any atom is 0.259 e. The Balaban J connectivity index is 2.13. The highest BCUT2D eigenvalue weighted by molar-refractivity contribution is 7.14. The summed E-state index contributed by atoms with van der Waals surface area (Å²) in [6.45, 7) is 1.40. The number of amides is 1. The van der Waals surface area contributed by atoms with Gasteiger partial charge >= 0.3 is 0 Å². The van der Waals surface area contributed by atoms with E-state index in [1.54, 1.807) is 5.38 Å². The minimum absolute atomic E-state index is 0.0915. The normalized spacial score (nSPS) is 10.1. The van der Waals surface area contributed by atoms with E-state index in [0.717, 1.165) is 11.3 Å². The van der Waals surface area contributed by atoms with Crippen molar-refractivity contribution in [2.45, 2.75) is 6.92 Å². The molecule has 7 heteroatoms. The van der Waals surface area contributed by atoms with E-state index >= 15 is 0 Å². The zero-order valence-electron chi connectivity index (χ0n) is 9.38. The van der Waals surface area contributed by atoms with E-state index < -0.39 is 5.91 Å². The van der Waals surface area contributed by atoms with Gasteiger partial charge in [0.2, 0.25) is 0 Å². The lowest BCUT2D eigenvalue weighted by Gasteiger charge is -2.01. The van der Waals surface area contributed by atoms with Crippen molar-refractivity contribution < 1.29 is 14.7 Å². The van der Waals surface area contributed by atoms with Crippen LogP contribution in [0, 0.1) is 0 Å². The molecular formula is C11H9N3O3S. The summed E-state index contributed by atoms with van der Waals surface area (Å²) in [4.78, 5) is 30.5. The Hall–Kier alpha value is -2.28. The molecule has 0 radical (unpaired) electrons. The van der Waals surface area contributed by atoms with E-state index in [-0.39, 0.29) is 17.1 Å². The Morgan fingerprint density at radius 2 is 2.17 bits per heavy atom. The maximum absolute atomic E-state index is 11.8. The third-order valence-electron chi connectivity index (χ3n) is 2.07. The summed E-state index contributed by atoms with van der Waals surface area (Å²) < 4.78 is 0. The second-order valence-electron chi connectivity index (χ2n) is 3.48. The maximum atomic E-state index is 11.8. The number of anilines is 1. The molecule has 2 rings (SSSR count). The van der Waals surface area contributed by atoms with Crippen molar-refractivity contribution in [2.24, 2.45) is 0 Å². The van der Waals surface area contributed by atoms with Crippen LogP contribution in [0.3, 0.4) is 0 Å². The number of aromatic nitrogens is 2. The number of carbonyl (C=O) groups excluding carboxylic acids is 2. The molecule has 0 aliphatic carbocycles. The molecule has 92 valence electrons. The number of pyridine rings is 1. The van der Waals surface area contributed by atoms with Crippen LogP contribution in [-0.2, 0) is 0 Å². The first-order valence-electron chi connectivity index (χ1n) is 4.98. The minimum Gasteiger partial charge on any atom is -0.506 e. The van der Waals surface area contributed by atoms with Crippen molar-refractivity contribution in [1.82, 2.24) is 9.97 Å². The zero-order chi connectivity index (χ0) is 13.1. The van der Waals surface area contributed by atoms with Gasteiger partial charge < -0.3 is 5.11 Å². The van der Waals surface area contributed by atoms with E-state index in [1.807, 2.05) is 0 Å². The Morgan fingerprint density at radius 3 is 2.78 bits per heavy atom. The van der Waals surface area contributed by atoms with Crippen LogP contribution in [0.15, 0.2) is 23.8 Å². The highest BCUT2D eigenvalue weighted by atomic mass is 32.1. The van der Waals surface area contributed by atoms with Gasteiger partial charge in [-0.3, -0.25) is 19.9 Å². The Kier molecular flexibility index (Phi) is 3.33. The summed E-state index contributed by atoms with van der Waals surface area (Å²) in [6.07, 6.45) is 2.56. The number of carbonyl (C=O) groups is 2. The number of aromatic hydroxyl groups is 1. The van der Waals surface area contributed by atoms with Crippen molar-refractivity contribution in [3.63, 3.8) is 0 Å². The van der Waals surface area contributed by atoms with Crippen LogP contribution in [0.4, 0.5) is 5.13 Å². The number of nitrogens with zero attached hydrogens (tertiary/aromatic N) is 2. The van der Waals surface area contributed by atoms with E-state index in [2.05, 4.69) is 15.3 Å². The molecule has 0 aromatic carbocycles. The molecule has 0 saturated heterocycles. The van der Waals surface area contributed by atoms with Crippen LogP contribution in [0.1, 0.15) is 27.8 Å². The topological polar surface area (TPSA) is 92.2 Å². The average Bonchev–Trinajstić information content (AvgIpc) is 2.77. The molecule has 0 unspecified atom stereocenters. The molecule has 0 atom stereocenters. The van der Waals surface area contributed by atoms with Crippen LogP contribution in [-0.4, -0.2) is 26.8 Å². The van der Waals surface area contributed by atoms with Crippen molar-refractivity contribution in [3.8, 4) is 5.75 Å². The average molecular weight is 263 g/mol. The summed E-state index contributed by atoms with van der Waals surface area (Å²) in [5.41, 5.74) is 0.527. The smallest absolute Gasteiger partial charge is 0.259 e. The number of thiazole rings is 1. The number of ketones is 1. The summed E-state index contributed by atoms with van der Waals surface area (Å²) >= 11 is 1.16. The third kappa shape index (κ3) is 2.69. The first-order chi connectivity index (χ1) is 8.56. The highest BCUT2D eigenvalue weighted by Crippen LogP contribution is 2.17. The lowest BCUT2D eigenvalue weighted by Crippen LogP contribution is -2.12. The van der Waals surface area contributed by atoms with Gasteiger partial charge in [-0.2, -0.15) is 0 Å². The molecule has 2 aromatic rings. The Morgan fingerprint density at radius 1 is 1.39 bits per heavy atom. The quantitative estimate of drug-likeness (QED) is 0.822. The zero-order valence-corrected chi connectivity index (χ0v) is 10.2. The molecule has 1 amide bonds. The van der Waals surface area contributed by atoms with E-state index in [4.69, 9.17) is 0 Å². The van der Waals surface area contributed by atoms with E-state index in [1.165, 1.54) is 25.4 Å². The van der Waals surface area contributed by atoms with Gasteiger partial charge in [0.15, 0.2) is 10.9 Å².